The van der Waals surface area contributed by atoms with E-state index in [1.165, 1.54) is 18.9 Å². The van der Waals surface area contributed by atoms with E-state index in [4.69, 9.17) is 9.84 Å². The second kappa shape index (κ2) is 6.48. The number of carboxylic acids is 1. The Hall–Kier alpha value is -1.88. The monoisotopic (exact) mass is 303 g/mol. The van der Waals surface area contributed by atoms with Gasteiger partial charge in [-0.05, 0) is 49.3 Å². The fourth-order valence-corrected chi connectivity index (χ4v) is 3.03. The van der Waals surface area contributed by atoms with Crippen molar-refractivity contribution < 1.29 is 19.4 Å². The van der Waals surface area contributed by atoms with Gasteiger partial charge in [0, 0.05) is 12.6 Å². The van der Waals surface area contributed by atoms with Crippen molar-refractivity contribution in [2.45, 2.75) is 44.2 Å². The Balaban J connectivity index is 1.53. The SMILES string of the molecule is O=C(Cc1cccc(C(=O)O)c1)NC1CCOC(C2CC2)C1. The first-order valence-corrected chi connectivity index (χ1v) is 7.85. The van der Waals surface area contributed by atoms with E-state index in [2.05, 4.69) is 5.32 Å². The number of ether oxygens (including phenoxy) is 1. The first-order valence-electron chi connectivity index (χ1n) is 7.85. The summed E-state index contributed by atoms with van der Waals surface area (Å²) < 4.78 is 5.76. The van der Waals surface area contributed by atoms with Crippen LogP contribution >= 0.6 is 0 Å². The molecule has 5 heteroatoms. The number of carbonyl (C=O) groups excluding carboxylic acids is 1. The van der Waals surface area contributed by atoms with Crippen molar-refractivity contribution in [1.29, 1.82) is 0 Å². The summed E-state index contributed by atoms with van der Waals surface area (Å²) in [6.07, 6.45) is 4.75. The average molecular weight is 303 g/mol. The summed E-state index contributed by atoms with van der Waals surface area (Å²) in [5.74, 6) is -0.338. The first-order chi connectivity index (χ1) is 10.6. The molecule has 1 saturated heterocycles. The van der Waals surface area contributed by atoms with E-state index < -0.39 is 5.97 Å². The van der Waals surface area contributed by atoms with Crippen molar-refractivity contribution in [3.05, 3.63) is 35.4 Å². The maximum atomic E-state index is 12.2. The molecule has 0 spiro atoms. The fraction of sp³-hybridized carbons (Fsp3) is 0.529. The minimum atomic E-state index is -0.973. The predicted molar refractivity (Wildman–Crippen MR) is 80.7 cm³/mol. The summed E-state index contributed by atoms with van der Waals surface area (Å²) in [6.45, 7) is 0.709. The highest BCUT2D eigenvalue weighted by molar-refractivity contribution is 5.88. The Morgan fingerprint density at radius 1 is 1.27 bits per heavy atom. The largest absolute Gasteiger partial charge is 0.478 e. The van der Waals surface area contributed by atoms with Crippen LogP contribution in [0.5, 0.6) is 0 Å². The van der Waals surface area contributed by atoms with Gasteiger partial charge in [-0.2, -0.15) is 0 Å². The van der Waals surface area contributed by atoms with Crippen molar-refractivity contribution in [3.63, 3.8) is 0 Å². The number of rotatable bonds is 5. The molecule has 0 bridgehead atoms. The zero-order chi connectivity index (χ0) is 15.5. The molecule has 118 valence electrons. The summed E-state index contributed by atoms with van der Waals surface area (Å²) in [6, 6.07) is 6.71. The van der Waals surface area contributed by atoms with Crippen molar-refractivity contribution in [2.24, 2.45) is 5.92 Å². The molecular weight excluding hydrogens is 282 g/mol. The minimum absolute atomic E-state index is 0.0519. The lowest BCUT2D eigenvalue weighted by Gasteiger charge is -2.30. The second-order valence-corrected chi connectivity index (χ2v) is 6.22. The molecule has 2 unspecified atom stereocenters. The van der Waals surface area contributed by atoms with Crippen LogP contribution in [0.3, 0.4) is 0 Å². The zero-order valence-electron chi connectivity index (χ0n) is 12.5. The lowest BCUT2D eigenvalue weighted by molar-refractivity contribution is -0.122. The molecule has 1 heterocycles. The molecule has 2 atom stereocenters. The molecule has 22 heavy (non-hydrogen) atoms. The van der Waals surface area contributed by atoms with Gasteiger partial charge in [0.2, 0.25) is 5.91 Å². The van der Waals surface area contributed by atoms with Crippen LogP contribution in [0.1, 0.15) is 41.6 Å². The highest BCUT2D eigenvalue weighted by atomic mass is 16.5. The van der Waals surface area contributed by atoms with E-state index in [9.17, 15) is 9.59 Å². The minimum Gasteiger partial charge on any atom is -0.478 e. The van der Waals surface area contributed by atoms with Crippen LogP contribution in [0.4, 0.5) is 0 Å². The van der Waals surface area contributed by atoms with Gasteiger partial charge in [-0.1, -0.05) is 12.1 Å². The topological polar surface area (TPSA) is 75.6 Å². The average Bonchev–Trinajstić information content (AvgIpc) is 3.32. The van der Waals surface area contributed by atoms with Crippen molar-refractivity contribution in [3.8, 4) is 0 Å². The van der Waals surface area contributed by atoms with Crippen LogP contribution in [0, 0.1) is 5.92 Å². The molecule has 2 aliphatic rings. The molecule has 0 aromatic heterocycles. The smallest absolute Gasteiger partial charge is 0.335 e. The van der Waals surface area contributed by atoms with E-state index in [0.29, 0.717) is 18.6 Å². The summed E-state index contributed by atoms with van der Waals surface area (Å²) in [5, 5.41) is 12.0. The van der Waals surface area contributed by atoms with Gasteiger partial charge in [0.05, 0.1) is 18.1 Å². The predicted octanol–water partition coefficient (Wildman–Crippen LogP) is 2.00. The Kier molecular flexibility index (Phi) is 4.43. The fourth-order valence-electron chi connectivity index (χ4n) is 3.03. The molecule has 1 amide bonds. The summed E-state index contributed by atoms with van der Waals surface area (Å²) in [4.78, 5) is 23.1. The van der Waals surface area contributed by atoms with E-state index in [1.807, 2.05) is 0 Å². The number of aromatic carboxylic acids is 1. The molecule has 1 saturated carbocycles. The lowest BCUT2D eigenvalue weighted by atomic mass is 9.99. The number of hydrogen-bond acceptors (Lipinski definition) is 3. The van der Waals surface area contributed by atoms with Crippen LogP contribution in [0.15, 0.2) is 24.3 Å². The third-order valence-corrected chi connectivity index (χ3v) is 4.37. The number of benzene rings is 1. The number of carboxylic acid groups (broad SMARTS) is 1. The van der Waals surface area contributed by atoms with E-state index in [0.717, 1.165) is 18.4 Å². The molecule has 1 aromatic carbocycles. The summed E-state index contributed by atoms with van der Waals surface area (Å²) in [7, 11) is 0. The molecule has 2 N–H and O–H groups in total. The zero-order valence-corrected chi connectivity index (χ0v) is 12.5. The molecule has 1 aliphatic heterocycles. The molecule has 0 radical (unpaired) electrons. The third kappa shape index (κ3) is 3.85. The quantitative estimate of drug-likeness (QED) is 0.872. The summed E-state index contributed by atoms with van der Waals surface area (Å²) >= 11 is 0. The van der Waals surface area contributed by atoms with Gasteiger partial charge < -0.3 is 15.2 Å². The molecule has 3 rings (SSSR count). The van der Waals surface area contributed by atoms with Crippen molar-refractivity contribution in [1.82, 2.24) is 5.32 Å². The molecule has 2 fully saturated rings. The molecule has 1 aliphatic carbocycles. The van der Waals surface area contributed by atoms with Gasteiger partial charge in [0.25, 0.3) is 0 Å². The third-order valence-electron chi connectivity index (χ3n) is 4.37. The maximum Gasteiger partial charge on any atom is 0.335 e. The van der Waals surface area contributed by atoms with Gasteiger partial charge in [-0.3, -0.25) is 4.79 Å². The van der Waals surface area contributed by atoms with Gasteiger partial charge in [0.15, 0.2) is 0 Å². The van der Waals surface area contributed by atoms with Crippen LogP contribution in [-0.2, 0) is 16.0 Å². The van der Waals surface area contributed by atoms with E-state index in [-0.39, 0.29) is 23.9 Å². The first kappa shape index (κ1) is 15.0. The molecular formula is C17H21NO4. The van der Waals surface area contributed by atoms with Crippen LogP contribution < -0.4 is 5.32 Å². The number of amides is 1. The second-order valence-electron chi connectivity index (χ2n) is 6.22. The van der Waals surface area contributed by atoms with E-state index >= 15 is 0 Å². The van der Waals surface area contributed by atoms with E-state index in [1.54, 1.807) is 18.2 Å². The number of carbonyl (C=O) groups is 2. The van der Waals surface area contributed by atoms with Gasteiger partial charge in [-0.15, -0.1) is 0 Å². The standard InChI is InChI=1S/C17H21NO4/c19-16(9-11-2-1-3-13(8-11)17(20)21)18-14-6-7-22-15(10-14)12-4-5-12/h1-3,8,12,14-15H,4-7,9-10H2,(H,18,19)(H,20,21). The van der Waals surface area contributed by atoms with Gasteiger partial charge in [-0.25, -0.2) is 4.79 Å². The Morgan fingerprint density at radius 3 is 2.82 bits per heavy atom. The number of nitrogens with one attached hydrogen (secondary N) is 1. The van der Waals surface area contributed by atoms with Crippen LogP contribution in [0.25, 0.3) is 0 Å². The van der Waals surface area contributed by atoms with Crippen LogP contribution in [0.2, 0.25) is 0 Å². The van der Waals surface area contributed by atoms with Crippen LogP contribution in [-0.4, -0.2) is 35.7 Å². The summed E-state index contributed by atoms with van der Waals surface area (Å²) in [5.41, 5.74) is 0.938. The number of hydrogen-bond donors (Lipinski definition) is 2. The Bertz CT molecular complexity index is 568. The molecule has 5 nitrogen and oxygen atoms in total. The maximum absolute atomic E-state index is 12.2. The normalized spacial score (nSPS) is 24.7. The molecule has 1 aromatic rings. The Labute approximate surface area is 129 Å². The Morgan fingerprint density at radius 2 is 2.09 bits per heavy atom. The lowest BCUT2D eigenvalue weighted by Crippen LogP contribution is -2.43. The van der Waals surface area contributed by atoms with Crippen molar-refractivity contribution >= 4 is 11.9 Å². The highest BCUT2D eigenvalue weighted by Gasteiger charge is 2.36. The highest BCUT2D eigenvalue weighted by Crippen LogP contribution is 2.38. The van der Waals surface area contributed by atoms with Gasteiger partial charge >= 0.3 is 5.97 Å². The van der Waals surface area contributed by atoms with Gasteiger partial charge in [0.1, 0.15) is 0 Å². The van der Waals surface area contributed by atoms with Crippen molar-refractivity contribution in [2.75, 3.05) is 6.61 Å².